The number of aliphatic hydroxyl groups excluding tert-OH is 1. The molecular formula is C13H25NO3. The second-order valence-corrected chi connectivity index (χ2v) is 5.41. The van der Waals surface area contributed by atoms with Gasteiger partial charge in [0, 0.05) is 6.04 Å². The summed E-state index contributed by atoms with van der Waals surface area (Å²) in [4.78, 5) is 11.6. The van der Waals surface area contributed by atoms with Gasteiger partial charge in [0.15, 0.2) is 6.10 Å². The molecule has 0 spiro atoms. The predicted octanol–water partition coefficient (Wildman–Crippen LogP) is 1.60. The molecule has 3 N–H and O–H groups in total. The predicted molar refractivity (Wildman–Crippen MR) is 66.4 cm³/mol. The summed E-state index contributed by atoms with van der Waals surface area (Å²) in [6, 6.07) is -0.0648. The van der Waals surface area contributed by atoms with Gasteiger partial charge >= 0.3 is 5.97 Å². The largest absolute Gasteiger partial charge is 0.459 e. The van der Waals surface area contributed by atoms with Crippen molar-refractivity contribution in [1.82, 2.24) is 0 Å². The van der Waals surface area contributed by atoms with Gasteiger partial charge in [0.05, 0.1) is 0 Å². The van der Waals surface area contributed by atoms with Crippen LogP contribution < -0.4 is 5.73 Å². The Kier molecular flexibility index (Phi) is 5.92. The van der Waals surface area contributed by atoms with Crippen LogP contribution in [-0.2, 0) is 9.53 Å². The number of aliphatic hydroxyl groups is 1. The summed E-state index contributed by atoms with van der Waals surface area (Å²) in [5, 5.41) is 9.67. The monoisotopic (exact) mass is 243 g/mol. The second-order valence-electron chi connectivity index (χ2n) is 5.41. The first-order valence-electron chi connectivity index (χ1n) is 6.65. The van der Waals surface area contributed by atoms with Crippen LogP contribution in [0.5, 0.6) is 0 Å². The van der Waals surface area contributed by atoms with Gasteiger partial charge in [-0.2, -0.15) is 0 Å². The van der Waals surface area contributed by atoms with Crippen LogP contribution in [0.2, 0.25) is 0 Å². The first-order chi connectivity index (χ1) is 8.00. The summed E-state index contributed by atoms with van der Waals surface area (Å²) in [5.74, 6) is -0.0256. The molecule has 0 aromatic rings. The van der Waals surface area contributed by atoms with E-state index in [4.69, 9.17) is 10.5 Å². The lowest BCUT2D eigenvalue weighted by Crippen LogP contribution is -2.42. The molecule has 1 fully saturated rings. The molecule has 4 nitrogen and oxygen atoms in total. The van der Waals surface area contributed by atoms with Crippen molar-refractivity contribution in [2.45, 2.75) is 70.6 Å². The van der Waals surface area contributed by atoms with Crippen molar-refractivity contribution in [2.75, 3.05) is 0 Å². The quantitative estimate of drug-likeness (QED) is 0.719. The molecule has 0 heterocycles. The molecule has 100 valence electrons. The third kappa shape index (κ3) is 5.04. The molecule has 0 saturated heterocycles. The Morgan fingerprint density at radius 3 is 2.59 bits per heavy atom. The number of esters is 1. The summed E-state index contributed by atoms with van der Waals surface area (Å²) >= 11 is 0. The Balaban J connectivity index is 2.31. The number of rotatable bonds is 5. The molecule has 3 unspecified atom stereocenters. The minimum absolute atomic E-state index is 0.0648. The molecule has 1 aliphatic carbocycles. The van der Waals surface area contributed by atoms with Crippen molar-refractivity contribution in [3.8, 4) is 0 Å². The van der Waals surface area contributed by atoms with E-state index in [9.17, 15) is 9.90 Å². The maximum absolute atomic E-state index is 11.6. The Morgan fingerprint density at radius 1 is 1.35 bits per heavy atom. The number of hydrogen-bond acceptors (Lipinski definition) is 4. The number of nitrogens with two attached hydrogens (primary N) is 1. The highest BCUT2D eigenvalue weighted by Crippen LogP contribution is 2.20. The summed E-state index contributed by atoms with van der Waals surface area (Å²) in [6.07, 6.45) is 3.98. The Hall–Kier alpha value is -0.610. The van der Waals surface area contributed by atoms with E-state index >= 15 is 0 Å². The Morgan fingerprint density at radius 2 is 2.00 bits per heavy atom. The Labute approximate surface area is 104 Å². The van der Waals surface area contributed by atoms with Crippen LogP contribution in [0.3, 0.4) is 0 Å². The molecule has 4 heteroatoms. The summed E-state index contributed by atoms with van der Waals surface area (Å²) in [5.41, 5.74) is 5.89. The van der Waals surface area contributed by atoms with E-state index in [-0.39, 0.29) is 12.1 Å². The number of carbonyl (C=O) groups excluding carboxylic acids is 1. The SMILES string of the molecule is CC(C)CCC(O)C(=O)OC1CCCCC1N. The molecule has 0 aromatic heterocycles. The van der Waals surface area contributed by atoms with Crippen molar-refractivity contribution >= 4 is 5.97 Å². The van der Waals surface area contributed by atoms with Crippen LogP contribution in [0.25, 0.3) is 0 Å². The third-order valence-corrected chi connectivity index (χ3v) is 3.31. The fraction of sp³-hybridized carbons (Fsp3) is 0.923. The second kappa shape index (κ2) is 6.97. The highest BCUT2D eigenvalue weighted by atomic mass is 16.6. The van der Waals surface area contributed by atoms with E-state index in [2.05, 4.69) is 13.8 Å². The molecular weight excluding hydrogens is 218 g/mol. The van der Waals surface area contributed by atoms with Crippen LogP contribution in [0.15, 0.2) is 0 Å². The van der Waals surface area contributed by atoms with Gasteiger partial charge < -0.3 is 15.6 Å². The van der Waals surface area contributed by atoms with Gasteiger partial charge in [-0.05, 0) is 38.0 Å². The lowest BCUT2D eigenvalue weighted by Gasteiger charge is -2.29. The van der Waals surface area contributed by atoms with E-state index < -0.39 is 12.1 Å². The molecule has 1 aliphatic rings. The average Bonchev–Trinajstić information content (AvgIpc) is 2.28. The molecule has 0 aliphatic heterocycles. The molecule has 0 amide bonds. The summed E-state index contributed by atoms with van der Waals surface area (Å²) in [7, 11) is 0. The van der Waals surface area contributed by atoms with Gasteiger partial charge in [-0.1, -0.05) is 20.3 Å². The first-order valence-corrected chi connectivity index (χ1v) is 6.65. The van der Waals surface area contributed by atoms with Gasteiger partial charge in [-0.25, -0.2) is 4.79 Å². The summed E-state index contributed by atoms with van der Waals surface area (Å²) in [6.45, 7) is 4.13. The lowest BCUT2D eigenvalue weighted by molar-refractivity contribution is -0.162. The number of ether oxygens (including phenoxy) is 1. The standard InChI is InChI=1S/C13H25NO3/c1-9(2)7-8-11(15)13(16)17-12-6-4-3-5-10(12)14/h9-12,15H,3-8,14H2,1-2H3. The molecule has 3 atom stereocenters. The van der Waals surface area contributed by atoms with Gasteiger partial charge in [0.1, 0.15) is 6.10 Å². The average molecular weight is 243 g/mol. The topological polar surface area (TPSA) is 72.5 Å². The zero-order valence-electron chi connectivity index (χ0n) is 10.9. The number of carbonyl (C=O) groups is 1. The normalized spacial score (nSPS) is 26.9. The van der Waals surface area contributed by atoms with Crippen LogP contribution in [-0.4, -0.2) is 29.3 Å². The molecule has 0 bridgehead atoms. The van der Waals surface area contributed by atoms with Gasteiger partial charge in [0.2, 0.25) is 0 Å². The molecule has 0 aromatic carbocycles. The zero-order valence-corrected chi connectivity index (χ0v) is 10.9. The van der Waals surface area contributed by atoms with Gasteiger partial charge in [-0.3, -0.25) is 0 Å². The van der Waals surface area contributed by atoms with E-state index in [1.165, 1.54) is 0 Å². The minimum Gasteiger partial charge on any atom is -0.459 e. The fourth-order valence-electron chi connectivity index (χ4n) is 2.11. The van der Waals surface area contributed by atoms with E-state index in [1.807, 2.05) is 0 Å². The number of hydrogen-bond donors (Lipinski definition) is 2. The highest BCUT2D eigenvalue weighted by Gasteiger charge is 2.27. The molecule has 17 heavy (non-hydrogen) atoms. The third-order valence-electron chi connectivity index (χ3n) is 3.31. The maximum Gasteiger partial charge on any atom is 0.335 e. The van der Waals surface area contributed by atoms with Crippen LogP contribution >= 0.6 is 0 Å². The summed E-state index contributed by atoms with van der Waals surface area (Å²) < 4.78 is 5.28. The smallest absolute Gasteiger partial charge is 0.335 e. The van der Waals surface area contributed by atoms with Crippen molar-refractivity contribution in [2.24, 2.45) is 11.7 Å². The van der Waals surface area contributed by atoms with Crippen LogP contribution in [0, 0.1) is 5.92 Å². The van der Waals surface area contributed by atoms with Crippen LogP contribution in [0.4, 0.5) is 0 Å². The molecule has 1 saturated carbocycles. The van der Waals surface area contributed by atoms with E-state index in [1.54, 1.807) is 0 Å². The first kappa shape index (κ1) is 14.5. The van der Waals surface area contributed by atoms with Gasteiger partial charge in [0.25, 0.3) is 0 Å². The Bertz CT molecular complexity index is 243. The van der Waals surface area contributed by atoms with Crippen molar-refractivity contribution < 1.29 is 14.6 Å². The highest BCUT2D eigenvalue weighted by molar-refractivity contribution is 5.74. The van der Waals surface area contributed by atoms with E-state index in [0.717, 1.165) is 32.1 Å². The van der Waals surface area contributed by atoms with Crippen molar-refractivity contribution in [1.29, 1.82) is 0 Å². The minimum atomic E-state index is -0.994. The molecule has 1 rings (SSSR count). The zero-order chi connectivity index (χ0) is 12.8. The molecule has 0 radical (unpaired) electrons. The van der Waals surface area contributed by atoms with Gasteiger partial charge in [-0.15, -0.1) is 0 Å². The fourth-order valence-corrected chi connectivity index (χ4v) is 2.11. The maximum atomic E-state index is 11.6. The van der Waals surface area contributed by atoms with E-state index in [0.29, 0.717) is 12.3 Å². The van der Waals surface area contributed by atoms with Crippen molar-refractivity contribution in [3.63, 3.8) is 0 Å². The van der Waals surface area contributed by atoms with Crippen molar-refractivity contribution in [3.05, 3.63) is 0 Å². The lowest BCUT2D eigenvalue weighted by atomic mass is 9.93. The van der Waals surface area contributed by atoms with Crippen LogP contribution in [0.1, 0.15) is 52.4 Å².